The van der Waals surface area contributed by atoms with Crippen molar-refractivity contribution in [3.8, 4) is 11.5 Å². The first kappa shape index (κ1) is 14.5. The molecule has 0 aliphatic rings. The third kappa shape index (κ3) is 3.36. The Kier molecular flexibility index (Phi) is 4.74. The minimum atomic E-state index is -0.352. The largest absolute Gasteiger partial charge is 0.497 e. The van der Waals surface area contributed by atoms with E-state index in [1.165, 1.54) is 13.2 Å². The number of rotatable bonds is 5. The molecule has 0 heterocycles. The summed E-state index contributed by atoms with van der Waals surface area (Å²) < 4.78 is 24.9. The quantitative estimate of drug-likeness (QED) is 0.773. The predicted octanol–water partition coefficient (Wildman–Crippen LogP) is 3.99. The van der Waals surface area contributed by atoms with Gasteiger partial charge in [0.15, 0.2) is 6.29 Å². The Balaban J connectivity index is 2.18. The van der Waals surface area contributed by atoms with Crippen LogP contribution in [0.15, 0.2) is 40.9 Å². The summed E-state index contributed by atoms with van der Waals surface area (Å²) in [5.41, 5.74) is 0.770. The lowest BCUT2D eigenvalue weighted by molar-refractivity contribution is 0.111. The molecule has 0 fully saturated rings. The Morgan fingerprint density at radius 3 is 2.75 bits per heavy atom. The van der Waals surface area contributed by atoms with Gasteiger partial charge in [-0.3, -0.25) is 4.79 Å². The average Bonchev–Trinajstić information content (AvgIpc) is 2.48. The van der Waals surface area contributed by atoms with E-state index in [0.29, 0.717) is 28.9 Å². The van der Waals surface area contributed by atoms with Crippen LogP contribution in [0.3, 0.4) is 0 Å². The van der Waals surface area contributed by atoms with E-state index in [0.717, 1.165) is 4.47 Å². The molecule has 0 aliphatic carbocycles. The second kappa shape index (κ2) is 6.52. The van der Waals surface area contributed by atoms with E-state index < -0.39 is 0 Å². The summed E-state index contributed by atoms with van der Waals surface area (Å²) in [6.07, 6.45) is 0.676. The molecule has 3 nitrogen and oxygen atoms in total. The van der Waals surface area contributed by atoms with Crippen molar-refractivity contribution in [3.63, 3.8) is 0 Å². The average molecular weight is 339 g/mol. The van der Waals surface area contributed by atoms with Gasteiger partial charge in [-0.25, -0.2) is 4.39 Å². The van der Waals surface area contributed by atoms with Crippen molar-refractivity contribution < 1.29 is 18.7 Å². The summed E-state index contributed by atoms with van der Waals surface area (Å²) >= 11 is 3.27. The number of carbonyl (C=O) groups excluding carboxylic acids is 1. The molecule has 0 aromatic heterocycles. The van der Waals surface area contributed by atoms with Crippen LogP contribution < -0.4 is 9.47 Å². The van der Waals surface area contributed by atoms with E-state index in [-0.39, 0.29) is 12.4 Å². The normalized spacial score (nSPS) is 10.2. The Bertz CT molecular complexity index is 629. The van der Waals surface area contributed by atoms with Crippen molar-refractivity contribution in [2.75, 3.05) is 7.11 Å². The lowest BCUT2D eigenvalue weighted by atomic mass is 10.2. The van der Waals surface area contributed by atoms with Crippen molar-refractivity contribution >= 4 is 22.2 Å². The van der Waals surface area contributed by atoms with E-state index in [9.17, 15) is 9.18 Å². The van der Waals surface area contributed by atoms with Crippen LogP contribution in [0.4, 0.5) is 4.39 Å². The van der Waals surface area contributed by atoms with E-state index >= 15 is 0 Å². The molecule has 0 bridgehead atoms. The van der Waals surface area contributed by atoms with Crippen molar-refractivity contribution in [2.24, 2.45) is 0 Å². The zero-order valence-electron chi connectivity index (χ0n) is 10.7. The zero-order valence-corrected chi connectivity index (χ0v) is 12.3. The second-order valence-corrected chi connectivity index (χ2v) is 4.96. The topological polar surface area (TPSA) is 35.5 Å². The summed E-state index contributed by atoms with van der Waals surface area (Å²) in [6, 6.07) is 9.48. The third-order valence-corrected chi connectivity index (χ3v) is 3.23. The molecule has 0 atom stereocenters. The van der Waals surface area contributed by atoms with Gasteiger partial charge in [0, 0.05) is 10.0 Å². The van der Waals surface area contributed by atoms with E-state index in [1.807, 2.05) is 0 Å². The third-order valence-electron chi connectivity index (χ3n) is 2.73. The lowest BCUT2D eigenvalue weighted by Crippen LogP contribution is -2.01. The van der Waals surface area contributed by atoms with Gasteiger partial charge in [-0.1, -0.05) is 15.9 Å². The molecule has 0 aliphatic heterocycles. The Morgan fingerprint density at radius 1 is 1.25 bits per heavy atom. The number of benzene rings is 2. The van der Waals surface area contributed by atoms with Gasteiger partial charge in [0.1, 0.15) is 23.9 Å². The van der Waals surface area contributed by atoms with E-state index in [2.05, 4.69) is 15.9 Å². The van der Waals surface area contributed by atoms with Crippen molar-refractivity contribution in [2.45, 2.75) is 6.61 Å². The predicted molar refractivity (Wildman–Crippen MR) is 76.8 cm³/mol. The highest BCUT2D eigenvalue weighted by Crippen LogP contribution is 2.24. The number of ether oxygens (including phenoxy) is 2. The van der Waals surface area contributed by atoms with Crippen molar-refractivity contribution in [1.82, 2.24) is 0 Å². The van der Waals surface area contributed by atoms with Crippen molar-refractivity contribution in [1.29, 1.82) is 0 Å². The van der Waals surface area contributed by atoms with Crippen LogP contribution in [-0.2, 0) is 6.61 Å². The molecule has 0 N–H and O–H groups in total. The molecule has 104 valence electrons. The standard InChI is InChI=1S/C15H12BrFO3/c1-19-13-3-5-15(10(7-13)8-18)20-9-11-6-12(16)2-4-14(11)17/h2-8H,9H2,1H3. The maximum Gasteiger partial charge on any atom is 0.153 e. The van der Waals surface area contributed by atoms with Crippen LogP contribution in [0.1, 0.15) is 15.9 Å². The molecular weight excluding hydrogens is 327 g/mol. The Hall–Kier alpha value is -1.88. The molecular formula is C15H12BrFO3. The van der Waals surface area contributed by atoms with Gasteiger partial charge < -0.3 is 9.47 Å². The van der Waals surface area contributed by atoms with Gasteiger partial charge in [0.05, 0.1) is 12.7 Å². The zero-order chi connectivity index (χ0) is 14.5. The smallest absolute Gasteiger partial charge is 0.153 e. The van der Waals surface area contributed by atoms with Crippen LogP contribution in [0, 0.1) is 5.82 Å². The number of carbonyl (C=O) groups is 1. The monoisotopic (exact) mass is 338 g/mol. The fourth-order valence-electron chi connectivity index (χ4n) is 1.69. The van der Waals surface area contributed by atoms with Crippen molar-refractivity contribution in [3.05, 3.63) is 57.8 Å². The lowest BCUT2D eigenvalue weighted by Gasteiger charge is -2.10. The number of halogens is 2. The van der Waals surface area contributed by atoms with Crippen LogP contribution in [0.2, 0.25) is 0 Å². The molecule has 2 rings (SSSR count). The number of aldehydes is 1. The molecule has 0 saturated carbocycles. The molecule has 2 aromatic carbocycles. The highest BCUT2D eigenvalue weighted by molar-refractivity contribution is 9.10. The minimum absolute atomic E-state index is 0.0401. The number of hydrogen-bond acceptors (Lipinski definition) is 3. The molecule has 2 aromatic rings. The highest BCUT2D eigenvalue weighted by Gasteiger charge is 2.08. The van der Waals surface area contributed by atoms with Gasteiger partial charge in [-0.2, -0.15) is 0 Å². The van der Waals surface area contributed by atoms with Gasteiger partial charge in [0.2, 0.25) is 0 Å². The first-order valence-corrected chi connectivity index (χ1v) is 6.63. The fraction of sp³-hybridized carbons (Fsp3) is 0.133. The molecule has 0 saturated heterocycles. The maximum atomic E-state index is 13.6. The minimum Gasteiger partial charge on any atom is -0.497 e. The SMILES string of the molecule is COc1ccc(OCc2cc(Br)ccc2F)c(C=O)c1. The van der Waals surface area contributed by atoms with Crippen LogP contribution in [0.25, 0.3) is 0 Å². The summed E-state index contributed by atoms with van der Waals surface area (Å²) in [7, 11) is 1.52. The number of hydrogen-bond donors (Lipinski definition) is 0. The first-order chi connectivity index (χ1) is 9.63. The van der Waals surface area contributed by atoms with E-state index in [1.54, 1.807) is 30.3 Å². The summed E-state index contributed by atoms with van der Waals surface area (Å²) in [5, 5.41) is 0. The Morgan fingerprint density at radius 2 is 2.05 bits per heavy atom. The molecule has 0 radical (unpaired) electrons. The fourth-order valence-corrected chi connectivity index (χ4v) is 2.09. The maximum absolute atomic E-state index is 13.6. The Labute approximate surface area is 124 Å². The highest BCUT2D eigenvalue weighted by atomic mass is 79.9. The van der Waals surface area contributed by atoms with Crippen LogP contribution in [0.5, 0.6) is 11.5 Å². The number of methoxy groups -OCH3 is 1. The van der Waals surface area contributed by atoms with Gasteiger partial charge in [-0.15, -0.1) is 0 Å². The second-order valence-electron chi connectivity index (χ2n) is 4.05. The summed E-state index contributed by atoms with van der Waals surface area (Å²) in [4.78, 5) is 11.0. The van der Waals surface area contributed by atoms with Crippen LogP contribution in [-0.4, -0.2) is 13.4 Å². The molecule has 0 spiro atoms. The summed E-state index contributed by atoms with van der Waals surface area (Å²) in [6.45, 7) is 0.0401. The van der Waals surface area contributed by atoms with Gasteiger partial charge in [0.25, 0.3) is 0 Å². The molecule has 20 heavy (non-hydrogen) atoms. The van der Waals surface area contributed by atoms with Gasteiger partial charge >= 0.3 is 0 Å². The van der Waals surface area contributed by atoms with Crippen LogP contribution >= 0.6 is 15.9 Å². The summed E-state index contributed by atoms with van der Waals surface area (Å²) in [5.74, 6) is 0.600. The first-order valence-electron chi connectivity index (χ1n) is 5.84. The molecule has 5 heteroatoms. The molecule has 0 unspecified atom stereocenters. The van der Waals surface area contributed by atoms with E-state index in [4.69, 9.17) is 9.47 Å². The molecule has 0 amide bonds. The van der Waals surface area contributed by atoms with Gasteiger partial charge in [-0.05, 0) is 36.4 Å².